The van der Waals surface area contributed by atoms with E-state index in [1.807, 2.05) is 0 Å². The fourth-order valence-corrected chi connectivity index (χ4v) is 1.63. The molecule has 1 aromatic heterocycles. The SMILES string of the molecule is O=C(O)COc1ccc(NC(=O)c2ccoc2Cl)cc1. The highest BCUT2D eigenvalue weighted by atomic mass is 35.5. The number of hydrogen-bond donors (Lipinski definition) is 2. The van der Waals surface area contributed by atoms with Crippen molar-refractivity contribution in [3.63, 3.8) is 0 Å². The summed E-state index contributed by atoms with van der Waals surface area (Å²) < 4.78 is 9.80. The van der Waals surface area contributed by atoms with Gasteiger partial charge in [-0.25, -0.2) is 4.79 Å². The number of furan rings is 1. The molecule has 0 atom stereocenters. The molecule has 0 aliphatic rings. The fourth-order valence-electron chi connectivity index (χ4n) is 1.43. The lowest BCUT2D eigenvalue weighted by Gasteiger charge is -2.06. The lowest BCUT2D eigenvalue weighted by molar-refractivity contribution is -0.139. The first-order valence-electron chi connectivity index (χ1n) is 5.55. The highest BCUT2D eigenvalue weighted by Gasteiger charge is 2.13. The minimum Gasteiger partial charge on any atom is -0.482 e. The Morgan fingerprint density at radius 3 is 2.50 bits per heavy atom. The highest BCUT2D eigenvalue weighted by Crippen LogP contribution is 2.20. The van der Waals surface area contributed by atoms with E-state index in [-0.39, 0.29) is 10.8 Å². The molecule has 2 N–H and O–H groups in total. The van der Waals surface area contributed by atoms with Gasteiger partial charge in [-0.3, -0.25) is 4.79 Å². The molecule has 7 heteroatoms. The van der Waals surface area contributed by atoms with E-state index in [1.54, 1.807) is 24.3 Å². The molecule has 0 aliphatic carbocycles. The maximum atomic E-state index is 11.8. The van der Waals surface area contributed by atoms with E-state index in [1.165, 1.54) is 12.3 Å². The number of carbonyl (C=O) groups is 2. The summed E-state index contributed by atoms with van der Waals surface area (Å²) in [7, 11) is 0. The van der Waals surface area contributed by atoms with Crippen molar-refractivity contribution in [2.24, 2.45) is 0 Å². The molecule has 0 saturated carbocycles. The predicted molar refractivity (Wildman–Crippen MR) is 71.2 cm³/mol. The van der Waals surface area contributed by atoms with Gasteiger partial charge in [0.2, 0.25) is 5.22 Å². The lowest BCUT2D eigenvalue weighted by Crippen LogP contribution is -2.11. The summed E-state index contributed by atoms with van der Waals surface area (Å²) in [6.07, 6.45) is 1.32. The van der Waals surface area contributed by atoms with E-state index in [4.69, 9.17) is 25.9 Å². The monoisotopic (exact) mass is 295 g/mol. The second-order valence-corrected chi connectivity index (χ2v) is 4.11. The van der Waals surface area contributed by atoms with Crippen LogP contribution in [0.4, 0.5) is 5.69 Å². The summed E-state index contributed by atoms with van der Waals surface area (Å²) >= 11 is 5.69. The topological polar surface area (TPSA) is 88.8 Å². The first-order valence-corrected chi connectivity index (χ1v) is 5.93. The van der Waals surface area contributed by atoms with Gasteiger partial charge in [0.05, 0.1) is 11.8 Å². The maximum Gasteiger partial charge on any atom is 0.341 e. The van der Waals surface area contributed by atoms with Gasteiger partial charge in [0.15, 0.2) is 6.61 Å². The highest BCUT2D eigenvalue weighted by molar-refractivity contribution is 6.32. The number of carboxylic acids is 1. The number of aliphatic carboxylic acids is 1. The second-order valence-electron chi connectivity index (χ2n) is 3.77. The summed E-state index contributed by atoms with van der Waals surface area (Å²) in [5, 5.41) is 11.1. The van der Waals surface area contributed by atoms with Crippen LogP contribution in [0.3, 0.4) is 0 Å². The Hall–Kier alpha value is -2.47. The number of nitrogens with one attached hydrogen (secondary N) is 1. The Kier molecular flexibility index (Phi) is 4.27. The molecule has 2 rings (SSSR count). The quantitative estimate of drug-likeness (QED) is 0.885. The minimum atomic E-state index is -1.06. The number of hydrogen-bond acceptors (Lipinski definition) is 4. The average Bonchev–Trinajstić information content (AvgIpc) is 2.84. The van der Waals surface area contributed by atoms with E-state index in [2.05, 4.69) is 5.32 Å². The minimum absolute atomic E-state index is 0.0175. The van der Waals surface area contributed by atoms with Gasteiger partial charge in [-0.2, -0.15) is 0 Å². The Labute approximate surface area is 118 Å². The molecule has 0 unspecified atom stereocenters. The maximum absolute atomic E-state index is 11.8. The number of carbonyl (C=O) groups excluding carboxylic acids is 1. The summed E-state index contributed by atoms with van der Waals surface area (Å²) in [5.41, 5.74) is 0.757. The Morgan fingerprint density at radius 2 is 1.95 bits per heavy atom. The molecule has 1 aromatic carbocycles. The number of rotatable bonds is 5. The number of anilines is 1. The molecule has 2 aromatic rings. The summed E-state index contributed by atoms with van der Waals surface area (Å²) in [4.78, 5) is 22.2. The van der Waals surface area contributed by atoms with Gasteiger partial charge >= 0.3 is 5.97 Å². The summed E-state index contributed by atoms with van der Waals surface area (Å²) in [6, 6.07) is 7.74. The van der Waals surface area contributed by atoms with Gasteiger partial charge in [-0.15, -0.1) is 0 Å². The zero-order valence-corrected chi connectivity index (χ0v) is 10.9. The number of ether oxygens (including phenoxy) is 1. The molecule has 1 amide bonds. The Bertz CT molecular complexity index is 620. The predicted octanol–water partition coefficient (Wildman–Crippen LogP) is 2.65. The average molecular weight is 296 g/mol. The van der Waals surface area contributed by atoms with Gasteiger partial charge in [0.25, 0.3) is 5.91 Å². The van der Waals surface area contributed by atoms with E-state index >= 15 is 0 Å². The molecule has 6 nitrogen and oxygen atoms in total. The fraction of sp³-hybridized carbons (Fsp3) is 0.0769. The molecular weight excluding hydrogens is 286 g/mol. The third-order valence-corrected chi connectivity index (χ3v) is 2.63. The van der Waals surface area contributed by atoms with Gasteiger partial charge in [0.1, 0.15) is 5.75 Å². The molecule has 0 bridgehead atoms. The molecule has 0 fully saturated rings. The molecule has 20 heavy (non-hydrogen) atoms. The van der Waals surface area contributed by atoms with Crippen LogP contribution in [-0.2, 0) is 4.79 Å². The van der Waals surface area contributed by atoms with Crippen LogP contribution in [0, 0.1) is 0 Å². The zero-order valence-electron chi connectivity index (χ0n) is 10.1. The van der Waals surface area contributed by atoms with Gasteiger partial charge in [-0.05, 0) is 41.9 Å². The normalized spacial score (nSPS) is 10.1. The third-order valence-electron chi connectivity index (χ3n) is 2.34. The Morgan fingerprint density at radius 1 is 1.25 bits per heavy atom. The number of benzene rings is 1. The zero-order chi connectivity index (χ0) is 14.5. The van der Waals surface area contributed by atoms with Crippen LogP contribution < -0.4 is 10.1 Å². The van der Waals surface area contributed by atoms with Crippen molar-refractivity contribution in [3.8, 4) is 5.75 Å². The van der Waals surface area contributed by atoms with Crippen LogP contribution in [0.5, 0.6) is 5.75 Å². The van der Waals surface area contributed by atoms with Crippen LogP contribution in [0.2, 0.25) is 5.22 Å². The first kappa shape index (κ1) is 14.0. The standard InChI is InChI=1S/C13H10ClNO5/c14-12-10(5-6-19-12)13(18)15-8-1-3-9(4-2-8)20-7-11(16)17/h1-6H,7H2,(H,15,18)(H,16,17). The number of halogens is 1. The van der Waals surface area contributed by atoms with Crippen molar-refractivity contribution in [3.05, 3.63) is 47.4 Å². The first-order chi connectivity index (χ1) is 9.56. The van der Waals surface area contributed by atoms with Crippen LogP contribution >= 0.6 is 11.6 Å². The molecule has 0 spiro atoms. The Balaban J connectivity index is 1.99. The van der Waals surface area contributed by atoms with E-state index in [0.717, 1.165) is 0 Å². The van der Waals surface area contributed by atoms with Crippen molar-refractivity contribution >= 4 is 29.2 Å². The molecule has 0 saturated heterocycles. The van der Waals surface area contributed by atoms with Crippen molar-refractivity contribution in [1.29, 1.82) is 0 Å². The van der Waals surface area contributed by atoms with E-state index in [0.29, 0.717) is 11.4 Å². The molecule has 0 radical (unpaired) electrons. The van der Waals surface area contributed by atoms with Crippen LogP contribution in [-0.4, -0.2) is 23.6 Å². The number of amides is 1. The van der Waals surface area contributed by atoms with Crippen LogP contribution in [0.15, 0.2) is 41.0 Å². The summed E-state index contributed by atoms with van der Waals surface area (Å²) in [6.45, 7) is -0.420. The molecule has 1 heterocycles. The van der Waals surface area contributed by atoms with E-state index < -0.39 is 18.5 Å². The smallest absolute Gasteiger partial charge is 0.341 e. The van der Waals surface area contributed by atoms with Gasteiger partial charge in [0, 0.05) is 5.69 Å². The third kappa shape index (κ3) is 3.52. The van der Waals surface area contributed by atoms with Crippen molar-refractivity contribution < 1.29 is 23.8 Å². The molecule has 0 aliphatic heterocycles. The van der Waals surface area contributed by atoms with Crippen molar-refractivity contribution in [2.75, 3.05) is 11.9 Å². The number of carboxylic acid groups (broad SMARTS) is 1. The van der Waals surface area contributed by atoms with Crippen molar-refractivity contribution in [2.45, 2.75) is 0 Å². The lowest BCUT2D eigenvalue weighted by atomic mass is 10.2. The molecular formula is C13H10ClNO5. The van der Waals surface area contributed by atoms with E-state index in [9.17, 15) is 9.59 Å². The van der Waals surface area contributed by atoms with Crippen molar-refractivity contribution in [1.82, 2.24) is 0 Å². The molecule has 104 valence electrons. The van der Waals surface area contributed by atoms with Gasteiger partial charge < -0.3 is 19.6 Å². The second kappa shape index (κ2) is 6.12. The largest absolute Gasteiger partial charge is 0.482 e. The van der Waals surface area contributed by atoms with Crippen LogP contribution in [0.1, 0.15) is 10.4 Å². The summed E-state index contributed by atoms with van der Waals surface area (Å²) in [5.74, 6) is -1.06. The van der Waals surface area contributed by atoms with Crippen LogP contribution in [0.25, 0.3) is 0 Å². The van der Waals surface area contributed by atoms with Gasteiger partial charge in [-0.1, -0.05) is 0 Å².